The first-order valence-electron chi connectivity index (χ1n) is 12.8. The minimum atomic E-state index is 0.428. The number of benzene rings is 3. The predicted octanol–water partition coefficient (Wildman–Crippen LogP) is 9.34. The summed E-state index contributed by atoms with van der Waals surface area (Å²) in [5.41, 5.74) is 7.45. The van der Waals surface area contributed by atoms with Crippen LogP contribution in [0.25, 0.3) is 0 Å². The smallest absolute Gasteiger partial charge is 0.126 e. The van der Waals surface area contributed by atoms with Gasteiger partial charge in [0.05, 0.1) is 0 Å². The highest BCUT2D eigenvalue weighted by Crippen LogP contribution is 2.36. The van der Waals surface area contributed by atoms with Crippen LogP contribution in [0, 0.1) is 0 Å². The Kier molecular flexibility index (Phi) is 8.83. The van der Waals surface area contributed by atoms with Gasteiger partial charge in [0.25, 0.3) is 0 Å². The van der Waals surface area contributed by atoms with E-state index in [0.29, 0.717) is 36.9 Å². The van der Waals surface area contributed by atoms with E-state index in [4.69, 9.17) is 9.47 Å². The number of hydrogen-bond acceptors (Lipinski definition) is 2. The van der Waals surface area contributed by atoms with Crippen molar-refractivity contribution in [3.8, 4) is 11.5 Å². The van der Waals surface area contributed by atoms with Gasteiger partial charge in [-0.05, 0) is 57.1 Å². The first kappa shape index (κ1) is 25.9. The Morgan fingerprint density at radius 3 is 0.941 bits per heavy atom. The molecular weight excluding hydrogens is 416 g/mol. The molecule has 0 spiro atoms. The van der Waals surface area contributed by atoms with E-state index >= 15 is 0 Å². The van der Waals surface area contributed by atoms with Crippen molar-refractivity contribution in [2.75, 3.05) is 0 Å². The summed E-state index contributed by atoms with van der Waals surface area (Å²) in [6.45, 7) is 18.9. The lowest BCUT2D eigenvalue weighted by Crippen LogP contribution is -2.05. The first-order chi connectivity index (χ1) is 16.2. The Labute approximate surface area is 207 Å². The summed E-state index contributed by atoms with van der Waals surface area (Å²) in [7, 11) is 0. The van der Waals surface area contributed by atoms with Crippen molar-refractivity contribution in [3.63, 3.8) is 0 Å². The van der Waals surface area contributed by atoms with Gasteiger partial charge in [0, 0.05) is 0 Å². The van der Waals surface area contributed by atoms with Gasteiger partial charge in [-0.1, -0.05) is 116 Å². The molecule has 0 saturated heterocycles. The molecule has 3 aromatic carbocycles. The lowest BCUT2D eigenvalue weighted by Gasteiger charge is -2.20. The van der Waals surface area contributed by atoms with E-state index in [0.717, 1.165) is 11.5 Å². The highest BCUT2D eigenvalue weighted by atomic mass is 16.5. The summed E-state index contributed by atoms with van der Waals surface area (Å²) in [4.78, 5) is 0. The second-order valence-corrected chi connectivity index (χ2v) is 10.5. The predicted molar refractivity (Wildman–Crippen MR) is 144 cm³/mol. The van der Waals surface area contributed by atoms with Gasteiger partial charge in [-0.3, -0.25) is 0 Å². The Hall–Kier alpha value is -2.74. The minimum Gasteiger partial charge on any atom is -0.488 e. The van der Waals surface area contributed by atoms with Gasteiger partial charge in [0.1, 0.15) is 24.7 Å². The van der Waals surface area contributed by atoms with Crippen LogP contribution in [0.2, 0.25) is 0 Å². The molecule has 0 saturated carbocycles. The van der Waals surface area contributed by atoms with Crippen LogP contribution in [0.3, 0.4) is 0 Å². The summed E-state index contributed by atoms with van der Waals surface area (Å²) in [5.74, 6) is 3.81. The molecule has 0 heterocycles. The largest absolute Gasteiger partial charge is 0.488 e. The van der Waals surface area contributed by atoms with Gasteiger partial charge in [-0.15, -0.1) is 0 Å². The summed E-state index contributed by atoms with van der Waals surface area (Å²) < 4.78 is 12.8. The van der Waals surface area contributed by atoms with Crippen LogP contribution in [-0.2, 0) is 13.2 Å². The van der Waals surface area contributed by atoms with E-state index in [1.807, 2.05) is 0 Å². The summed E-state index contributed by atoms with van der Waals surface area (Å²) >= 11 is 0. The van der Waals surface area contributed by atoms with E-state index < -0.39 is 0 Å². The molecule has 182 valence electrons. The third-order valence-electron chi connectivity index (χ3n) is 6.43. The van der Waals surface area contributed by atoms with Gasteiger partial charge in [-0.25, -0.2) is 0 Å². The zero-order valence-electron chi connectivity index (χ0n) is 22.3. The van der Waals surface area contributed by atoms with Gasteiger partial charge in [-0.2, -0.15) is 0 Å². The minimum absolute atomic E-state index is 0.428. The van der Waals surface area contributed by atoms with E-state index in [1.54, 1.807) is 0 Å². The molecule has 3 aromatic rings. The maximum Gasteiger partial charge on any atom is 0.126 e. The number of rotatable bonds is 10. The van der Waals surface area contributed by atoms with Crippen molar-refractivity contribution < 1.29 is 9.47 Å². The fourth-order valence-electron chi connectivity index (χ4n) is 4.34. The standard InChI is InChI=1S/C32H42O2/c1-21(2)27-11-9-12-28(22(3)4)31(27)33-19-25-15-17-26(18-16-25)20-34-32-29(23(5)6)13-10-14-30(32)24(7)8/h9-18,21-24H,19-20H2,1-8H3. The van der Waals surface area contributed by atoms with Crippen LogP contribution in [0.5, 0.6) is 11.5 Å². The van der Waals surface area contributed by atoms with Crippen LogP contribution >= 0.6 is 0 Å². The molecule has 0 aliphatic rings. The number of ether oxygens (including phenoxy) is 2. The molecule has 0 amide bonds. The van der Waals surface area contributed by atoms with Crippen molar-refractivity contribution in [1.82, 2.24) is 0 Å². The average Bonchev–Trinajstić information content (AvgIpc) is 2.81. The van der Waals surface area contributed by atoms with Crippen LogP contribution in [0.4, 0.5) is 0 Å². The lowest BCUT2D eigenvalue weighted by molar-refractivity contribution is 0.294. The number of para-hydroxylation sites is 2. The van der Waals surface area contributed by atoms with Crippen LogP contribution < -0.4 is 9.47 Å². The highest BCUT2D eigenvalue weighted by molar-refractivity contribution is 5.46. The highest BCUT2D eigenvalue weighted by Gasteiger charge is 2.16. The van der Waals surface area contributed by atoms with Crippen LogP contribution in [0.15, 0.2) is 60.7 Å². The molecule has 0 bridgehead atoms. The second-order valence-electron chi connectivity index (χ2n) is 10.5. The van der Waals surface area contributed by atoms with E-state index in [-0.39, 0.29) is 0 Å². The van der Waals surface area contributed by atoms with E-state index in [9.17, 15) is 0 Å². The average molecular weight is 459 g/mol. The third-order valence-corrected chi connectivity index (χ3v) is 6.43. The van der Waals surface area contributed by atoms with Crippen molar-refractivity contribution in [1.29, 1.82) is 0 Å². The van der Waals surface area contributed by atoms with E-state index in [1.165, 1.54) is 33.4 Å². The van der Waals surface area contributed by atoms with Crippen LogP contribution in [-0.4, -0.2) is 0 Å². The molecule has 0 radical (unpaired) electrons. The fraction of sp³-hybridized carbons (Fsp3) is 0.438. The van der Waals surface area contributed by atoms with Crippen molar-refractivity contribution in [2.45, 2.75) is 92.3 Å². The maximum absolute atomic E-state index is 6.40. The summed E-state index contributed by atoms with van der Waals surface area (Å²) in [5, 5.41) is 0. The zero-order chi connectivity index (χ0) is 24.8. The fourth-order valence-corrected chi connectivity index (χ4v) is 4.34. The molecule has 2 heteroatoms. The summed E-state index contributed by atoms with van der Waals surface area (Å²) in [6, 6.07) is 21.7. The molecule has 3 rings (SSSR count). The van der Waals surface area contributed by atoms with Crippen molar-refractivity contribution in [2.24, 2.45) is 0 Å². The third kappa shape index (κ3) is 6.23. The monoisotopic (exact) mass is 458 g/mol. The molecule has 0 aromatic heterocycles. The molecule has 2 nitrogen and oxygen atoms in total. The molecule has 0 fully saturated rings. The maximum atomic E-state index is 6.40. The molecule has 0 N–H and O–H groups in total. The Morgan fingerprint density at radius 1 is 0.441 bits per heavy atom. The molecule has 34 heavy (non-hydrogen) atoms. The topological polar surface area (TPSA) is 18.5 Å². The Balaban J connectivity index is 1.71. The normalized spacial score (nSPS) is 11.6. The van der Waals surface area contributed by atoms with Gasteiger partial charge >= 0.3 is 0 Å². The molecule has 0 aliphatic carbocycles. The molecule has 0 unspecified atom stereocenters. The SMILES string of the molecule is CC(C)c1cccc(C(C)C)c1OCc1ccc(COc2c(C(C)C)cccc2C(C)C)cc1. The molecule has 0 atom stereocenters. The first-order valence-corrected chi connectivity index (χ1v) is 12.8. The van der Waals surface area contributed by atoms with Crippen molar-refractivity contribution in [3.05, 3.63) is 94.0 Å². The molecular formula is C32H42O2. The number of hydrogen-bond donors (Lipinski definition) is 0. The Morgan fingerprint density at radius 2 is 0.706 bits per heavy atom. The zero-order valence-corrected chi connectivity index (χ0v) is 22.3. The van der Waals surface area contributed by atoms with Gasteiger partial charge in [0.2, 0.25) is 0 Å². The van der Waals surface area contributed by atoms with Gasteiger partial charge in [0.15, 0.2) is 0 Å². The quantitative estimate of drug-likeness (QED) is 0.301. The van der Waals surface area contributed by atoms with E-state index in [2.05, 4.69) is 116 Å². The van der Waals surface area contributed by atoms with Gasteiger partial charge < -0.3 is 9.47 Å². The lowest BCUT2D eigenvalue weighted by atomic mass is 9.94. The van der Waals surface area contributed by atoms with Crippen LogP contribution in [0.1, 0.15) is 112 Å². The molecule has 0 aliphatic heterocycles. The Bertz CT molecular complexity index is 920. The summed E-state index contributed by atoms with van der Waals surface area (Å²) in [6.07, 6.45) is 0. The van der Waals surface area contributed by atoms with Crippen molar-refractivity contribution >= 4 is 0 Å². The second kappa shape index (κ2) is 11.6.